The SMILES string of the molecule is CCNC(=NCC(C)CN1CCCCC1)NC1CCC(O)CC1.I. The number of aliphatic hydroxyl groups is 1. The average Bonchev–Trinajstić information content (AvgIpc) is 2.56. The van der Waals surface area contributed by atoms with Crippen LogP contribution < -0.4 is 10.6 Å². The Morgan fingerprint density at radius 2 is 1.83 bits per heavy atom. The van der Waals surface area contributed by atoms with E-state index < -0.39 is 0 Å². The quantitative estimate of drug-likeness (QED) is 0.330. The molecule has 1 saturated carbocycles. The Kier molecular flexibility index (Phi) is 11.3. The van der Waals surface area contributed by atoms with Crippen LogP contribution in [0.5, 0.6) is 0 Å². The summed E-state index contributed by atoms with van der Waals surface area (Å²) in [6.45, 7) is 9.87. The second-order valence-electron chi connectivity index (χ2n) is 7.34. The molecular formula is C18H37IN4O. The number of rotatable bonds is 6. The van der Waals surface area contributed by atoms with Gasteiger partial charge in [-0.05, 0) is 64.5 Å². The van der Waals surface area contributed by atoms with E-state index in [2.05, 4.69) is 29.4 Å². The molecule has 2 rings (SSSR count). The molecule has 3 N–H and O–H groups in total. The molecule has 1 unspecified atom stereocenters. The first-order valence-electron chi connectivity index (χ1n) is 9.62. The van der Waals surface area contributed by atoms with E-state index in [0.29, 0.717) is 12.0 Å². The van der Waals surface area contributed by atoms with Crippen molar-refractivity contribution in [3.05, 3.63) is 0 Å². The Hall–Kier alpha value is -0.0800. The first kappa shape index (κ1) is 22.0. The van der Waals surface area contributed by atoms with Gasteiger partial charge in [0.2, 0.25) is 0 Å². The van der Waals surface area contributed by atoms with Crippen LogP contribution in [0.15, 0.2) is 4.99 Å². The highest BCUT2D eigenvalue weighted by atomic mass is 127. The lowest BCUT2D eigenvalue weighted by atomic mass is 9.93. The van der Waals surface area contributed by atoms with Gasteiger partial charge in [0, 0.05) is 25.7 Å². The number of halogens is 1. The topological polar surface area (TPSA) is 59.9 Å². The molecule has 1 heterocycles. The maximum Gasteiger partial charge on any atom is 0.191 e. The fourth-order valence-corrected chi connectivity index (χ4v) is 3.62. The molecule has 0 spiro atoms. The molecule has 24 heavy (non-hydrogen) atoms. The Morgan fingerprint density at radius 3 is 2.46 bits per heavy atom. The zero-order chi connectivity index (χ0) is 16.5. The molecule has 2 fully saturated rings. The summed E-state index contributed by atoms with van der Waals surface area (Å²) >= 11 is 0. The zero-order valence-electron chi connectivity index (χ0n) is 15.5. The standard InChI is InChI=1S/C18H36N4O.HI/c1-3-19-18(21-16-7-9-17(23)10-8-16)20-13-15(2)14-22-11-5-4-6-12-22;/h15-17,23H,3-14H2,1-2H3,(H2,19,20,21);1H. The Labute approximate surface area is 165 Å². The van der Waals surface area contributed by atoms with Crippen LogP contribution in [0.25, 0.3) is 0 Å². The van der Waals surface area contributed by atoms with Crippen molar-refractivity contribution in [2.45, 2.75) is 70.9 Å². The Morgan fingerprint density at radius 1 is 1.17 bits per heavy atom. The molecule has 1 saturated heterocycles. The molecule has 0 amide bonds. The van der Waals surface area contributed by atoms with Crippen molar-refractivity contribution in [1.29, 1.82) is 0 Å². The van der Waals surface area contributed by atoms with Crippen molar-refractivity contribution in [1.82, 2.24) is 15.5 Å². The molecule has 6 heteroatoms. The normalized spacial score (nSPS) is 27.2. The summed E-state index contributed by atoms with van der Waals surface area (Å²) in [6.07, 6.45) is 7.89. The van der Waals surface area contributed by atoms with Crippen molar-refractivity contribution in [3.8, 4) is 0 Å². The first-order valence-corrected chi connectivity index (χ1v) is 9.62. The van der Waals surface area contributed by atoms with E-state index in [1.165, 1.54) is 38.9 Å². The third-order valence-corrected chi connectivity index (χ3v) is 4.96. The van der Waals surface area contributed by atoms with Crippen LogP contribution in [0.2, 0.25) is 0 Å². The van der Waals surface area contributed by atoms with Crippen LogP contribution in [0.1, 0.15) is 58.8 Å². The van der Waals surface area contributed by atoms with Gasteiger partial charge in [-0.25, -0.2) is 0 Å². The minimum absolute atomic E-state index is 0. The van der Waals surface area contributed by atoms with Crippen LogP contribution in [0, 0.1) is 5.92 Å². The van der Waals surface area contributed by atoms with Gasteiger partial charge in [-0.3, -0.25) is 4.99 Å². The first-order chi connectivity index (χ1) is 11.2. The van der Waals surface area contributed by atoms with Gasteiger partial charge in [0.15, 0.2) is 5.96 Å². The van der Waals surface area contributed by atoms with Crippen molar-refractivity contribution in [2.24, 2.45) is 10.9 Å². The van der Waals surface area contributed by atoms with E-state index in [-0.39, 0.29) is 30.1 Å². The predicted octanol–water partition coefficient (Wildman–Crippen LogP) is 2.59. The van der Waals surface area contributed by atoms with Crippen molar-refractivity contribution in [2.75, 3.05) is 32.7 Å². The summed E-state index contributed by atoms with van der Waals surface area (Å²) in [4.78, 5) is 7.39. The van der Waals surface area contributed by atoms with E-state index in [4.69, 9.17) is 4.99 Å². The summed E-state index contributed by atoms with van der Waals surface area (Å²) in [6, 6.07) is 0.452. The number of hydrogen-bond donors (Lipinski definition) is 3. The number of nitrogens with zero attached hydrogens (tertiary/aromatic N) is 2. The van der Waals surface area contributed by atoms with Gasteiger partial charge in [0.1, 0.15) is 0 Å². The van der Waals surface area contributed by atoms with Gasteiger partial charge >= 0.3 is 0 Å². The van der Waals surface area contributed by atoms with E-state index in [9.17, 15) is 5.11 Å². The highest BCUT2D eigenvalue weighted by Crippen LogP contribution is 2.18. The molecule has 1 aliphatic heterocycles. The van der Waals surface area contributed by atoms with Gasteiger partial charge in [-0.2, -0.15) is 0 Å². The summed E-state index contributed by atoms with van der Waals surface area (Å²) in [7, 11) is 0. The lowest BCUT2D eigenvalue weighted by molar-refractivity contribution is 0.120. The molecule has 1 aliphatic carbocycles. The number of nitrogens with one attached hydrogen (secondary N) is 2. The monoisotopic (exact) mass is 452 g/mol. The van der Waals surface area contributed by atoms with Crippen LogP contribution in [0.4, 0.5) is 0 Å². The lowest BCUT2D eigenvalue weighted by Gasteiger charge is -2.29. The fraction of sp³-hybridized carbons (Fsp3) is 0.944. The molecule has 0 aromatic rings. The second-order valence-corrected chi connectivity index (χ2v) is 7.34. The minimum Gasteiger partial charge on any atom is -0.393 e. The maximum absolute atomic E-state index is 9.62. The summed E-state index contributed by atoms with van der Waals surface area (Å²) in [5.74, 6) is 1.54. The molecule has 5 nitrogen and oxygen atoms in total. The van der Waals surface area contributed by atoms with Gasteiger partial charge in [0.25, 0.3) is 0 Å². The van der Waals surface area contributed by atoms with Gasteiger partial charge in [0.05, 0.1) is 6.10 Å². The summed E-state index contributed by atoms with van der Waals surface area (Å²) in [5.41, 5.74) is 0. The largest absolute Gasteiger partial charge is 0.393 e. The van der Waals surface area contributed by atoms with Crippen LogP contribution in [0.3, 0.4) is 0 Å². The third kappa shape index (κ3) is 8.34. The Balaban J connectivity index is 0.00000288. The highest BCUT2D eigenvalue weighted by Gasteiger charge is 2.20. The smallest absolute Gasteiger partial charge is 0.191 e. The molecule has 0 bridgehead atoms. The number of piperidine rings is 1. The molecule has 0 aromatic heterocycles. The van der Waals surface area contributed by atoms with Crippen LogP contribution in [-0.4, -0.2) is 60.8 Å². The minimum atomic E-state index is -0.0999. The summed E-state index contributed by atoms with van der Waals surface area (Å²) in [5, 5.41) is 16.5. The van der Waals surface area contributed by atoms with Crippen molar-refractivity contribution in [3.63, 3.8) is 0 Å². The van der Waals surface area contributed by atoms with Crippen molar-refractivity contribution < 1.29 is 5.11 Å². The second kappa shape index (κ2) is 12.3. The molecular weight excluding hydrogens is 415 g/mol. The number of likely N-dealkylation sites (tertiary alicyclic amines) is 1. The molecule has 1 atom stereocenters. The Bertz CT molecular complexity index is 353. The van der Waals surface area contributed by atoms with Gasteiger partial charge in [-0.15, -0.1) is 24.0 Å². The zero-order valence-corrected chi connectivity index (χ0v) is 17.8. The highest BCUT2D eigenvalue weighted by molar-refractivity contribution is 14.0. The van der Waals surface area contributed by atoms with Gasteiger partial charge in [-0.1, -0.05) is 13.3 Å². The van der Waals surface area contributed by atoms with Crippen LogP contribution >= 0.6 is 24.0 Å². The van der Waals surface area contributed by atoms with Crippen LogP contribution in [-0.2, 0) is 0 Å². The van der Waals surface area contributed by atoms with Gasteiger partial charge < -0.3 is 20.6 Å². The third-order valence-electron chi connectivity index (χ3n) is 4.96. The fourth-order valence-electron chi connectivity index (χ4n) is 3.62. The number of guanidine groups is 1. The van der Waals surface area contributed by atoms with E-state index in [0.717, 1.165) is 44.7 Å². The van der Waals surface area contributed by atoms with E-state index >= 15 is 0 Å². The summed E-state index contributed by atoms with van der Waals surface area (Å²) < 4.78 is 0. The van der Waals surface area contributed by atoms with Crippen molar-refractivity contribution >= 4 is 29.9 Å². The number of aliphatic hydroxyl groups excluding tert-OH is 1. The predicted molar refractivity (Wildman–Crippen MR) is 112 cm³/mol. The lowest BCUT2D eigenvalue weighted by Crippen LogP contribution is -2.45. The number of hydrogen-bond acceptors (Lipinski definition) is 3. The molecule has 0 radical (unpaired) electrons. The van der Waals surface area contributed by atoms with E-state index in [1.807, 2.05) is 0 Å². The molecule has 0 aromatic carbocycles. The maximum atomic E-state index is 9.62. The van der Waals surface area contributed by atoms with E-state index in [1.54, 1.807) is 0 Å². The average molecular weight is 452 g/mol. The molecule has 142 valence electrons. The number of aliphatic imine (C=N–C) groups is 1. The molecule has 2 aliphatic rings.